The summed E-state index contributed by atoms with van der Waals surface area (Å²) in [5.74, 6) is 1.21. The average molecular weight is 327 g/mol. The van der Waals surface area contributed by atoms with Crippen LogP contribution in [0.2, 0.25) is 0 Å². The minimum atomic E-state index is 0. The molecule has 1 amide bonds. The highest BCUT2D eigenvalue weighted by Gasteiger charge is 2.23. The first-order chi connectivity index (χ1) is 9.74. The highest BCUT2D eigenvalue weighted by Crippen LogP contribution is 2.15. The van der Waals surface area contributed by atoms with Crippen molar-refractivity contribution >= 4 is 35.6 Å². The number of hydrogen-bond acceptors (Lipinski definition) is 4. The zero-order valence-corrected chi connectivity index (χ0v) is 13.6. The number of halogens is 1. The van der Waals surface area contributed by atoms with Crippen molar-refractivity contribution < 1.29 is 4.79 Å². The van der Waals surface area contributed by atoms with E-state index in [-0.39, 0.29) is 18.3 Å². The van der Waals surface area contributed by atoms with Gasteiger partial charge in [-0.15, -0.1) is 23.7 Å². The lowest BCUT2D eigenvalue weighted by atomic mass is 10.2. The predicted molar refractivity (Wildman–Crippen MR) is 87.3 cm³/mol. The Morgan fingerprint density at radius 2 is 2.10 bits per heavy atom. The lowest BCUT2D eigenvalue weighted by Crippen LogP contribution is -2.49. The Morgan fingerprint density at radius 1 is 1.33 bits per heavy atom. The molecule has 2 aromatic heterocycles. The summed E-state index contributed by atoms with van der Waals surface area (Å²) in [7, 11) is 2.00. The molecule has 7 heteroatoms. The maximum Gasteiger partial charge on any atom is 0.227 e. The van der Waals surface area contributed by atoms with Crippen LogP contribution in [-0.2, 0) is 18.3 Å². The monoisotopic (exact) mass is 326 g/mol. The molecule has 0 spiro atoms. The van der Waals surface area contributed by atoms with Crippen molar-refractivity contribution in [2.75, 3.05) is 31.1 Å². The number of aryl methyl sites for hydroxylation is 1. The quantitative estimate of drug-likeness (QED) is 0.863. The number of carbonyl (C=O) groups is 1. The van der Waals surface area contributed by atoms with Crippen molar-refractivity contribution in [1.29, 1.82) is 0 Å². The van der Waals surface area contributed by atoms with Crippen LogP contribution in [0, 0.1) is 0 Å². The van der Waals surface area contributed by atoms with E-state index in [0.29, 0.717) is 6.42 Å². The number of thiophene rings is 1. The highest BCUT2D eigenvalue weighted by molar-refractivity contribution is 7.10. The van der Waals surface area contributed by atoms with Crippen molar-refractivity contribution in [1.82, 2.24) is 14.5 Å². The molecule has 1 aliphatic rings. The van der Waals surface area contributed by atoms with Gasteiger partial charge in [0.1, 0.15) is 0 Å². The summed E-state index contributed by atoms with van der Waals surface area (Å²) in [4.78, 5) is 21.9. The molecule has 0 atom stereocenters. The van der Waals surface area contributed by atoms with Gasteiger partial charge in [0.05, 0.1) is 6.42 Å². The maximum absolute atomic E-state index is 12.2. The second-order valence-corrected chi connectivity index (χ2v) is 5.99. The van der Waals surface area contributed by atoms with Crippen LogP contribution in [0.15, 0.2) is 29.9 Å². The predicted octanol–water partition coefficient (Wildman–Crippen LogP) is 1.79. The van der Waals surface area contributed by atoms with E-state index in [9.17, 15) is 4.79 Å². The van der Waals surface area contributed by atoms with Crippen molar-refractivity contribution in [2.45, 2.75) is 6.42 Å². The van der Waals surface area contributed by atoms with Crippen molar-refractivity contribution in [3.05, 3.63) is 34.8 Å². The molecule has 0 aliphatic carbocycles. The first-order valence-corrected chi connectivity index (χ1v) is 7.64. The molecular weight excluding hydrogens is 308 g/mol. The van der Waals surface area contributed by atoms with Crippen molar-refractivity contribution in [2.24, 2.45) is 7.05 Å². The third-order valence-corrected chi connectivity index (χ3v) is 4.49. The molecule has 114 valence electrons. The Balaban J connectivity index is 0.00000161. The van der Waals surface area contributed by atoms with Crippen LogP contribution in [0.5, 0.6) is 0 Å². The van der Waals surface area contributed by atoms with Gasteiger partial charge in [0.25, 0.3) is 0 Å². The molecule has 0 radical (unpaired) electrons. The van der Waals surface area contributed by atoms with Gasteiger partial charge in [-0.25, -0.2) is 4.98 Å². The van der Waals surface area contributed by atoms with Gasteiger partial charge in [0.15, 0.2) is 0 Å². The minimum absolute atomic E-state index is 0. The first-order valence-electron chi connectivity index (χ1n) is 6.76. The Hall–Kier alpha value is -1.53. The summed E-state index contributed by atoms with van der Waals surface area (Å²) in [6.45, 7) is 3.25. The molecule has 0 saturated carbocycles. The summed E-state index contributed by atoms with van der Waals surface area (Å²) in [6, 6.07) is 4.01. The highest BCUT2D eigenvalue weighted by atomic mass is 35.5. The normalized spacial score (nSPS) is 14.9. The number of piperazine rings is 1. The number of nitrogens with zero attached hydrogens (tertiary/aromatic N) is 4. The molecule has 2 aromatic rings. The van der Waals surface area contributed by atoms with Crippen LogP contribution in [0.25, 0.3) is 0 Å². The van der Waals surface area contributed by atoms with Gasteiger partial charge in [-0.05, 0) is 11.4 Å². The zero-order valence-electron chi connectivity index (χ0n) is 11.9. The molecule has 3 heterocycles. The van der Waals surface area contributed by atoms with Gasteiger partial charge in [-0.2, -0.15) is 0 Å². The second-order valence-electron chi connectivity index (χ2n) is 4.96. The molecule has 5 nitrogen and oxygen atoms in total. The Morgan fingerprint density at radius 3 is 2.67 bits per heavy atom. The molecule has 3 rings (SSSR count). The maximum atomic E-state index is 12.2. The van der Waals surface area contributed by atoms with E-state index in [2.05, 4.69) is 9.88 Å². The Labute approximate surface area is 134 Å². The number of anilines is 1. The number of carbonyl (C=O) groups excluding carboxylic acids is 1. The van der Waals surface area contributed by atoms with Crippen LogP contribution in [0.4, 0.5) is 5.95 Å². The van der Waals surface area contributed by atoms with E-state index in [1.165, 1.54) is 0 Å². The summed E-state index contributed by atoms with van der Waals surface area (Å²) in [6.07, 6.45) is 4.29. The van der Waals surface area contributed by atoms with Gasteiger partial charge in [-0.1, -0.05) is 6.07 Å². The Bertz CT molecular complexity index is 576. The summed E-state index contributed by atoms with van der Waals surface area (Å²) in [5.41, 5.74) is 0. The number of imidazole rings is 1. The van der Waals surface area contributed by atoms with Crippen LogP contribution < -0.4 is 4.90 Å². The minimum Gasteiger partial charge on any atom is -0.339 e. The zero-order chi connectivity index (χ0) is 13.9. The standard InChI is InChI=1S/C14H18N4OS.ClH/c1-16-5-4-15-14(16)18-8-6-17(7-9-18)13(19)11-12-3-2-10-20-12;/h2-5,10H,6-9,11H2,1H3;1H. The Kier molecular flexibility index (Phi) is 5.25. The summed E-state index contributed by atoms with van der Waals surface area (Å²) < 4.78 is 2.02. The molecule has 1 fully saturated rings. The summed E-state index contributed by atoms with van der Waals surface area (Å²) >= 11 is 1.64. The topological polar surface area (TPSA) is 41.4 Å². The fourth-order valence-electron chi connectivity index (χ4n) is 2.49. The lowest BCUT2D eigenvalue weighted by Gasteiger charge is -2.35. The van der Waals surface area contributed by atoms with Crippen molar-refractivity contribution in [3.8, 4) is 0 Å². The number of rotatable bonds is 3. The van der Waals surface area contributed by atoms with E-state index in [4.69, 9.17) is 0 Å². The average Bonchev–Trinajstić information content (AvgIpc) is 3.10. The smallest absolute Gasteiger partial charge is 0.227 e. The van der Waals surface area contributed by atoms with Gasteiger partial charge in [0.2, 0.25) is 11.9 Å². The number of hydrogen-bond donors (Lipinski definition) is 0. The van der Waals surface area contributed by atoms with Gasteiger partial charge in [0, 0.05) is 50.5 Å². The van der Waals surface area contributed by atoms with Crippen LogP contribution >= 0.6 is 23.7 Å². The van der Waals surface area contributed by atoms with Gasteiger partial charge >= 0.3 is 0 Å². The fourth-order valence-corrected chi connectivity index (χ4v) is 3.19. The molecule has 1 saturated heterocycles. The van der Waals surface area contributed by atoms with E-state index in [0.717, 1.165) is 37.0 Å². The molecule has 0 bridgehead atoms. The second kappa shape index (κ2) is 6.95. The van der Waals surface area contributed by atoms with Crippen LogP contribution in [0.3, 0.4) is 0 Å². The third kappa shape index (κ3) is 3.57. The third-order valence-electron chi connectivity index (χ3n) is 3.62. The van der Waals surface area contributed by atoms with E-state index in [1.807, 2.05) is 46.4 Å². The molecular formula is C14H19ClN4OS. The molecule has 21 heavy (non-hydrogen) atoms. The van der Waals surface area contributed by atoms with Crippen molar-refractivity contribution in [3.63, 3.8) is 0 Å². The van der Waals surface area contributed by atoms with Crippen LogP contribution in [-0.4, -0.2) is 46.5 Å². The molecule has 0 unspecified atom stereocenters. The van der Waals surface area contributed by atoms with Gasteiger partial charge in [-0.3, -0.25) is 4.79 Å². The molecule has 1 aliphatic heterocycles. The van der Waals surface area contributed by atoms with E-state index >= 15 is 0 Å². The van der Waals surface area contributed by atoms with Crippen LogP contribution in [0.1, 0.15) is 4.88 Å². The molecule has 0 aromatic carbocycles. The van der Waals surface area contributed by atoms with E-state index < -0.39 is 0 Å². The van der Waals surface area contributed by atoms with Gasteiger partial charge < -0.3 is 14.4 Å². The number of amides is 1. The lowest BCUT2D eigenvalue weighted by molar-refractivity contribution is -0.130. The largest absolute Gasteiger partial charge is 0.339 e. The number of aromatic nitrogens is 2. The summed E-state index contributed by atoms with van der Waals surface area (Å²) in [5, 5.41) is 2.02. The SMILES string of the molecule is Cl.Cn1ccnc1N1CCN(C(=O)Cc2cccs2)CC1. The first kappa shape index (κ1) is 15.9. The molecule has 0 N–H and O–H groups in total. The fraction of sp³-hybridized carbons (Fsp3) is 0.429. The van der Waals surface area contributed by atoms with E-state index in [1.54, 1.807) is 11.3 Å².